The van der Waals surface area contributed by atoms with Gasteiger partial charge in [0.15, 0.2) is 0 Å². The molecule has 0 spiro atoms. The van der Waals surface area contributed by atoms with Crippen molar-refractivity contribution in [2.45, 2.75) is 84.8 Å². The molecule has 1 aliphatic carbocycles. The SMILES string of the molecule is CC(C)=CCC[C@@](C)(O)C1CC/C(C)=C/CC/C(C)=C/[C@@H]1O. The van der Waals surface area contributed by atoms with Crippen LogP contribution in [0.4, 0.5) is 0 Å². The van der Waals surface area contributed by atoms with Gasteiger partial charge in [-0.3, -0.25) is 0 Å². The van der Waals surface area contributed by atoms with Crippen molar-refractivity contribution >= 4 is 0 Å². The number of allylic oxidation sites excluding steroid dienone is 5. The minimum absolute atomic E-state index is 0.116. The van der Waals surface area contributed by atoms with E-state index in [4.69, 9.17) is 0 Å². The zero-order valence-electron chi connectivity index (χ0n) is 15.0. The predicted octanol–water partition coefficient (Wildman–Crippen LogP) is 4.93. The third kappa shape index (κ3) is 6.50. The van der Waals surface area contributed by atoms with Gasteiger partial charge in [0.1, 0.15) is 0 Å². The van der Waals surface area contributed by atoms with E-state index in [0.29, 0.717) is 6.42 Å². The van der Waals surface area contributed by atoms with Gasteiger partial charge in [-0.05, 0) is 73.1 Å². The van der Waals surface area contributed by atoms with E-state index in [9.17, 15) is 10.2 Å². The van der Waals surface area contributed by atoms with E-state index < -0.39 is 11.7 Å². The van der Waals surface area contributed by atoms with E-state index in [1.54, 1.807) is 0 Å². The van der Waals surface area contributed by atoms with E-state index in [1.807, 2.05) is 13.0 Å². The molecule has 0 aromatic rings. The van der Waals surface area contributed by atoms with E-state index in [0.717, 1.165) is 32.1 Å². The number of aliphatic hydroxyl groups is 2. The van der Waals surface area contributed by atoms with Crippen molar-refractivity contribution in [3.8, 4) is 0 Å². The Morgan fingerprint density at radius 2 is 1.95 bits per heavy atom. The number of aliphatic hydroxyl groups excluding tert-OH is 1. The van der Waals surface area contributed by atoms with Gasteiger partial charge in [0.2, 0.25) is 0 Å². The van der Waals surface area contributed by atoms with Crippen LogP contribution in [-0.4, -0.2) is 21.9 Å². The first-order valence-corrected chi connectivity index (χ1v) is 8.59. The summed E-state index contributed by atoms with van der Waals surface area (Å²) in [6.45, 7) is 10.3. The zero-order chi connectivity index (χ0) is 16.8. The second-order valence-electron chi connectivity index (χ2n) is 7.42. The van der Waals surface area contributed by atoms with Gasteiger partial charge in [0.05, 0.1) is 11.7 Å². The molecule has 2 nitrogen and oxygen atoms in total. The topological polar surface area (TPSA) is 40.5 Å². The average Bonchev–Trinajstić information content (AvgIpc) is 2.37. The molecule has 0 amide bonds. The van der Waals surface area contributed by atoms with Crippen molar-refractivity contribution in [3.63, 3.8) is 0 Å². The maximum absolute atomic E-state index is 10.9. The van der Waals surface area contributed by atoms with Crippen molar-refractivity contribution < 1.29 is 10.2 Å². The predicted molar refractivity (Wildman–Crippen MR) is 94.8 cm³/mol. The summed E-state index contributed by atoms with van der Waals surface area (Å²) in [6.07, 6.45) is 11.2. The van der Waals surface area contributed by atoms with Crippen LogP contribution in [0, 0.1) is 5.92 Å². The molecule has 0 aromatic heterocycles. The lowest BCUT2D eigenvalue weighted by Gasteiger charge is -2.36. The van der Waals surface area contributed by atoms with Crippen LogP contribution in [0.15, 0.2) is 34.9 Å². The van der Waals surface area contributed by atoms with Crippen LogP contribution in [-0.2, 0) is 0 Å². The minimum atomic E-state index is -0.846. The fourth-order valence-electron chi connectivity index (χ4n) is 3.21. The van der Waals surface area contributed by atoms with Gasteiger partial charge in [-0.1, -0.05) is 34.9 Å². The lowest BCUT2D eigenvalue weighted by Crippen LogP contribution is -2.41. The Morgan fingerprint density at radius 1 is 1.27 bits per heavy atom. The Kier molecular flexibility index (Phi) is 7.58. The van der Waals surface area contributed by atoms with Crippen LogP contribution < -0.4 is 0 Å². The van der Waals surface area contributed by atoms with Crippen LogP contribution in [0.5, 0.6) is 0 Å². The molecule has 0 aliphatic heterocycles. The standard InChI is InChI=1S/C20H34O2/c1-15(2)8-7-13-20(5,22)18-12-11-16(3)9-6-10-17(4)14-19(18)21/h8-9,14,18-19,21-22H,6-7,10-13H2,1-5H3/b16-9+,17-14+/t18?,19-,20+/m0/s1. The first-order valence-electron chi connectivity index (χ1n) is 8.59. The first kappa shape index (κ1) is 19.2. The van der Waals surface area contributed by atoms with Crippen LogP contribution in [0.25, 0.3) is 0 Å². The first-order chi connectivity index (χ1) is 10.2. The van der Waals surface area contributed by atoms with E-state index in [2.05, 4.69) is 39.8 Å². The molecule has 0 aromatic carbocycles. The van der Waals surface area contributed by atoms with Gasteiger partial charge in [0, 0.05) is 5.92 Å². The Labute approximate surface area is 136 Å². The molecule has 1 unspecified atom stereocenters. The van der Waals surface area contributed by atoms with Gasteiger partial charge in [-0.15, -0.1) is 0 Å². The molecule has 0 heterocycles. The molecule has 0 saturated carbocycles. The summed E-state index contributed by atoms with van der Waals surface area (Å²) >= 11 is 0. The molecule has 3 atom stereocenters. The molecule has 0 saturated heterocycles. The lowest BCUT2D eigenvalue weighted by molar-refractivity contribution is -0.0535. The molecule has 0 radical (unpaired) electrons. The van der Waals surface area contributed by atoms with Crippen LogP contribution in [0.1, 0.15) is 73.1 Å². The monoisotopic (exact) mass is 306 g/mol. The largest absolute Gasteiger partial charge is 0.390 e. The smallest absolute Gasteiger partial charge is 0.0779 e. The highest BCUT2D eigenvalue weighted by molar-refractivity contribution is 5.10. The summed E-state index contributed by atoms with van der Waals surface area (Å²) in [4.78, 5) is 0. The Hall–Kier alpha value is -0.860. The summed E-state index contributed by atoms with van der Waals surface area (Å²) < 4.78 is 0. The third-order valence-electron chi connectivity index (χ3n) is 4.75. The number of rotatable bonds is 4. The maximum Gasteiger partial charge on any atom is 0.0779 e. The molecule has 1 rings (SSSR count). The highest BCUT2D eigenvalue weighted by Crippen LogP contribution is 2.33. The second-order valence-corrected chi connectivity index (χ2v) is 7.42. The highest BCUT2D eigenvalue weighted by atomic mass is 16.3. The number of hydrogen-bond acceptors (Lipinski definition) is 2. The molecular weight excluding hydrogens is 272 g/mol. The molecular formula is C20H34O2. The van der Waals surface area contributed by atoms with E-state index >= 15 is 0 Å². The fraction of sp³-hybridized carbons (Fsp3) is 0.700. The molecule has 126 valence electrons. The van der Waals surface area contributed by atoms with Crippen molar-refractivity contribution in [3.05, 3.63) is 34.9 Å². The zero-order valence-corrected chi connectivity index (χ0v) is 15.0. The summed E-state index contributed by atoms with van der Waals surface area (Å²) in [5, 5.41) is 21.6. The van der Waals surface area contributed by atoms with Crippen LogP contribution >= 0.6 is 0 Å². The van der Waals surface area contributed by atoms with Crippen molar-refractivity contribution in [2.24, 2.45) is 5.92 Å². The van der Waals surface area contributed by atoms with Crippen molar-refractivity contribution in [2.75, 3.05) is 0 Å². The second kappa shape index (κ2) is 8.69. The summed E-state index contributed by atoms with van der Waals surface area (Å²) in [7, 11) is 0. The summed E-state index contributed by atoms with van der Waals surface area (Å²) in [5.74, 6) is -0.116. The van der Waals surface area contributed by atoms with Gasteiger partial charge in [-0.25, -0.2) is 0 Å². The summed E-state index contributed by atoms with van der Waals surface area (Å²) in [5.41, 5.74) is 3.01. The van der Waals surface area contributed by atoms with Crippen LogP contribution in [0.2, 0.25) is 0 Å². The minimum Gasteiger partial charge on any atom is -0.390 e. The normalized spacial score (nSPS) is 31.2. The highest BCUT2D eigenvalue weighted by Gasteiger charge is 2.35. The fourth-order valence-corrected chi connectivity index (χ4v) is 3.21. The molecule has 0 bridgehead atoms. The lowest BCUT2D eigenvalue weighted by atomic mass is 9.77. The van der Waals surface area contributed by atoms with E-state index in [1.165, 1.54) is 16.7 Å². The number of hydrogen-bond donors (Lipinski definition) is 2. The quantitative estimate of drug-likeness (QED) is 0.723. The molecule has 2 heteroatoms. The third-order valence-corrected chi connectivity index (χ3v) is 4.75. The Morgan fingerprint density at radius 3 is 2.59 bits per heavy atom. The van der Waals surface area contributed by atoms with E-state index in [-0.39, 0.29) is 5.92 Å². The van der Waals surface area contributed by atoms with Crippen LogP contribution in [0.3, 0.4) is 0 Å². The molecule has 22 heavy (non-hydrogen) atoms. The van der Waals surface area contributed by atoms with Crippen molar-refractivity contribution in [1.29, 1.82) is 0 Å². The Balaban J connectivity index is 2.89. The van der Waals surface area contributed by atoms with Gasteiger partial charge in [-0.2, -0.15) is 0 Å². The van der Waals surface area contributed by atoms with Gasteiger partial charge >= 0.3 is 0 Å². The molecule has 2 N–H and O–H groups in total. The summed E-state index contributed by atoms with van der Waals surface area (Å²) in [6, 6.07) is 0. The van der Waals surface area contributed by atoms with Crippen molar-refractivity contribution in [1.82, 2.24) is 0 Å². The molecule has 0 fully saturated rings. The average molecular weight is 306 g/mol. The van der Waals surface area contributed by atoms with Gasteiger partial charge in [0.25, 0.3) is 0 Å². The molecule has 1 aliphatic rings. The maximum atomic E-state index is 10.9. The van der Waals surface area contributed by atoms with Gasteiger partial charge < -0.3 is 10.2 Å². The Bertz CT molecular complexity index is 437.